The topological polar surface area (TPSA) is 70.8 Å². The van der Waals surface area contributed by atoms with E-state index in [-0.39, 0.29) is 5.70 Å². The van der Waals surface area contributed by atoms with E-state index in [1.165, 1.54) is 7.11 Å². The maximum absolute atomic E-state index is 11.6. The summed E-state index contributed by atoms with van der Waals surface area (Å²) in [6, 6.07) is 10.6. The first-order valence-corrected chi connectivity index (χ1v) is 8.95. The van der Waals surface area contributed by atoms with Gasteiger partial charge >= 0.3 is 0 Å². The number of hydrogen-bond acceptors (Lipinski definition) is 5. The number of methoxy groups -OCH3 is 1. The van der Waals surface area contributed by atoms with E-state index in [9.17, 15) is 10.1 Å². The number of halogens is 1. The fourth-order valence-electron chi connectivity index (χ4n) is 2.73. The maximum atomic E-state index is 11.6. The van der Waals surface area contributed by atoms with E-state index >= 15 is 0 Å². The van der Waals surface area contributed by atoms with Crippen molar-refractivity contribution >= 4 is 22.0 Å². The number of nitrogens with zero attached hydrogens (tertiary/aromatic N) is 1. The first kappa shape index (κ1) is 18.3. The van der Waals surface area contributed by atoms with Crippen LogP contribution in [0.15, 0.2) is 46.6 Å². The van der Waals surface area contributed by atoms with Gasteiger partial charge in [0.1, 0.15) is 5.75 Å². The third-order valence-electron chi connectivity index (χ3n) is 3.95. The summed E-state index contributed by atoms with van der Waals surface area (Å²) in [6.45, 7) is 2.58. The molecule has 6 nitrogen and oxygen atoms in total. The summed E-state index contributed by atoms with van der Waals surface area (Å²) in [6.07, 6.45) is 1.59. The number of nitro groups is 1. The van der Waals surface area contributed by atoms with Crippen LogP contribution in [0.2, 0.25) is 0 Å². The van der Waals surface area contributed by atoms with E-state index < -0.39 is 11.0 Å². The lowest BCUT2D eigenvalue weighted by atomic mass is 10.0. The molecule has 1 aliphatic heterocycles. The van der Waals surface area contributed by atoms with Gasteiger partial charge in [0.05, 0.1) is 18.6 Å². The molecule has 0 bridgehead atoms. The Morgan fingerprint density at radius 3 is 2.73 bits per heavy atom. The molecule has 0 amide bonds. The highest BCUT2D eigenvalue weighted by molar-refractivity contribution is 9.10. The van der Waals surface area contributed by atoms with Gasteiger partial charge in [0, 0.05) is 21.7 Å². The molecule has 3 rings (SSSR count). The minimum atomic E-state index is -0.826. The van der Waals surface area contributed by atoms with Crippen molar-refractivity contribution in [3.8, 4) is 17.2 Å². The zero-order chi connectivity index (χ0) is 18.7. The third-order valence-corrected chi connectivity index (χ3v) is 4.44. The molecule has 0 saturated heterocycles. The molecule has 136 valence electrons. The average Bonchev–Trinajstić information content (AvgIpc) is 2.65. The summed E-state index contributed by atoms with van der Waals surface area (Å²) in [7, 11) is 1.54. The lowest BCUT2D eigenvalue weighted by Gasteiger charge is -2.23. The molecule has 0 N–H and O–H groups in total. The van der Waals surface area contributed by atoms with Crippen molar-refractivity contribution in [2.24, 2.45) is 0 Å². The predicted molar refractivity (Wildman–Crippen MR) is 101 cm³/mol. The first-order valence-electron chi connectivity index (χ1n) is 8.16. The Balaban J connectivity index is 2.00. The fraction of sp³-hybridized carbons (Fsp3) is 0.263. The van der Waals surface area contributed by atoms with Crippen LogP contribution in [-0.4, -0.2) is 18.6 Å². The Labute approximate surface area is 159 Å². The molecule has 7 heteroatoms. The van der Waals surface area contributed by atoms with Crippen molar-refractivity contribution in [1.82, 2.24) is 0 Å². The molecule has 0 fully saturated rings. The zero-order valence-electron chi connectivity index (χ0n) is 14.4. The van der Waals surface area contributed by atoms with Gasteiger partial charge in [-0.25, -0.2) is 0 Å². The predicted octanol–water partition coefficient (Wildman–Crippen LogP) is 5.00. The summed E-state index contributed by atoms with van der Waals surface area (Å²) >= 11 is 3.37. The molecule has 1 heterocycles. The zero-order valence-corrected chi connectivity index (χ0v) is 16.0. The van der Waals surface area contributed by atoms with Crippen LogP contribution in [0.25, 0.3) is 6.08 Å². The van der Waals surface area contributed by atoms with Gasteiger partial charge in [-0.15, -0.1) is 0 Å². The standard InChI is InChI=1S/C19H18BrNO5/c1-3-8-25-17-6-4-12(11-18(17)24-2)19-15(21(22)23)10-13-9-14(20)5-7-16(13)26-19/h4-7,9-11,19H,3,8H2,1-2H3/t19-/m1/s1. The van der Waals surface area contributed by atoms with E-state index in [0.717, 1.165) is 10.9 Å². The van der Waals surface area contributed by atoms with Crippen molar-refractivity contribution in [2.45, 2.75) is 19.4 Å². The number of rotatable bonds is 6. The minimum Gasteiger partial charge on any atom is -0.493 e. The minimum absolute atomic E-state index is 0.0279. The van der Waals surface area contributed by atoms with Gasteiger partial charge in [-0.3, -0.25) is 10.1 Å². The van der Waals surface area contributed by atoms with Crippen LogP contribution in [0.1, 0.15) is 30.6 Å². The number of fused-ring (bicyclic) bond motifs is 1. The lowest BCUT2D eigenvalue weighted by molar-refractivity contribution is -0.434. The van der Waals surface area contributed by atoms with Crippen molar-refractivity contribution in [3.63, 3.8) is 0 Å². The van der Waals surface area contributed by atoms with Crippen LogP contribution >= 0.6 is 15.9 Å². The molecule has 1 atom stereocenters. The molecule has 0 aromatic heterocycles. The van der Waals surface area contributed by atoms with Crippen LogP contribution in [0.4, 0.5) is 0 Å². The third kappa shape index (κ3) is 3.67. The quantitative estimate of drug-likeness (QED) is 0.486. The van der Waals surface area contributed by atoms with E-state index in [4.69, 9.17) is 14.2 Å². The number of benzene rings is 2. The van der Waals surface area contributed by atoms with Gasteiger partial charge in [-0.2, -0.15) is 0 Å². The van der Waals surface area contributed by atoms with Gasteiger partial charge in [0.2, 0.25) is 6.10 Å². The SMILES string of the molecule is CCCOc1ccc([C@H]2Oc3ccc(Br)cc3C=C2[N+](=O)[O-])cc1OC. The highest BCUT2D eigenvalue weighted by Gasteiger charge is 2.33. The van der Waals surface area contributed by atoms with Crippen molar-refractivity contribution in [2.75, 3.05) is 13.7 Å². The lowest BCUT2D eigenvalue weighted by Crippen LogP contribution is -2.19. The summed E-state index contributed by atoms with van der Waals surface area (Å²) in [5, 5.41) is 11.6. The summed E-state index contributed by atoms with van der Waals surface area (Å²) in [5.41, 5.74) is 1.26. The monoisotopic (exact) mass is 419 g/mol. The van der Waals surface area contributed by atoms with Gasteiger partial charge in [-0.1, -0.05) is 28.9 Å². The smallest absolute Gasteiger partial charge is 0.291 e. The molecule has 2 aromatic rings. The summed E-state index contributed by atoms with van der Waals surface area (Å²) in [4.78, 5) is 11.2. The average molecular weight is 420 g/mol. The van der Waals surface area contributed by atoms with E-state index in [2.05, 4.69) is 15.9 Å². The first-order chi connectivity index (χ1) is 12.5. The second-order valence-corrected chi connectivity index (χ2v) is 6.68. The van der Waals surface area contributed by atoms with E-state index in [1.54, 1.807) is 36.4 Å². The van der Waals surface area contributed by atoms with Crippen LogP contribution < -0.4 is 14.2 Å². The molecule has 0 spiro atoms. The molecule has 0 aliphatic carbocycles. The van der Waals surface area contributed by atoms with Crippen LogP contribution in [0.3, 0.4) is 0 Å². The Morgan fingerprint density at radius 1 is 1.23 bits per heavy atom. The Kier molecular flexibility index (Phi) is 5.46. The Hall–Kier alpha value is -2.54. The normalized spacial score (nSPS) is 15.5. The Morgan fingerprint density at radius 2 is 2.04 bits per heavy atom. The van der Waals surface area contributed by atoms with Crippen LogP contribution in [-0.2, 0) is 0 Å². The number of ether oxygens (including phenoxy) is 3. The van der Waals surface area contributed by atoms with Gasteiger partial charge in [0.25, 0.3) is 5.70 Å². The van der Waals surface area contributed by atoms with Gasteiger partial charge < -0.3 is 14.2 Å². The van der Waals surface area contributed by atoms with Gasteiger partial charge in [-0.05, 0) is 36.8 Å². The second kappa shape index (κ2) is 7.78. The summed E-state index contributed by atoms with van der Waals surface area (Å²) < 4.78 is 17.8. The molecular weight excluding hydrogens is 402 g/mol. The second-order valence-electron chi connectivity index (χ2n) is 5.77. The molecule has 0 radical (unpaired) electrons. The van der Waals surface area contributed by atoms with Crippen LogP contribution in [0.5, 0.6) is 17.2 Å². The Bertz CT molecular complexity index is 865. The molecule has 0 unspecified atom stereocenters. The molecule has 1 aliphatic rings. The largest absolute Gasteiger partial charge is 0.493 e. The van der Waals surface area contributed by atoms with Crippen LogP contribution in [0, 0.1) is 10.1 Å². The molecule has 2 aromatic carbocycles. The van der Waals surface area contributed by atoms with E-state index in [1.807, 2.05) is 13.0 Å². The molecule has 26 heavy (non-hydrogen) atoms. The summed E-state index contributed by atoms with van der Waals surface area (Å²) in [5.74, 6) is 1.71. The van der Waals surface area contributed by atoms with E-state index in [0.29, 0.717) is 35.0 Å². The maximum Gasteiger partial charge on any atom is 0.291 e. The van der Waals surface area contributed by atoms with Crippen molar-refractivity contribution in [3.05, 3.63) is 67.8 Å². The molecular formula is C19H18BrNO5. The fourth-order valence-corrected chi connectivity index (χ4v) is 3.11. The number of hydrogen-bond donors (Lipinski definition) is 0. The van der Waals surface area contributed by atoms with Crippen molar-refractivity contribution in [1.29, 1.82) is 0 Å². The van der Waals surface area contributed by atoms with Gasteiger partial charge in [0.15, 0.2) is 11.5 Å². The molecule has 0 saturated carbocycles. The highest BCUT2D eigenvalue weighted by atomic mass is 79.9. The highest BCUT2D eigenvalue weighted by Crippen LogP contribution is 2.40. The van der Waals surface area contributed by atoms with Crippen molar-refractivity contribution < 1.29 is 19.1 Å².